The van der Waals surface area contributed by atoms with Crippen LogP contribution in [0.15, 0.2) is 47.9 Å². The first-order chi connectivity index (χ1) is 12.3. The van der Waals surface area contributed by atoms with Crippen LogP contribution in [0.2, 0.25) is 0 Å². The van der Waals surface area contributed by atoms with Gasteiger partial charge in [0, 0.05) is 39.3 Å². The number of hydrogen-bond donors (Lipinski definition) is 1. The van der Waals surface area contributed by atoms with E-state index in [1.807, 2.05) is 25.1 Å². The smallest absolute Gasteiger partial charge is 0.272 e. The van der Waals surface area contributed by atoms with Crippen molar-refractivity contribution in [3.63, 3.8) is 0 Å². The van der Waals surface area contributed by atoms with Gasteiger partial charge in [0.15, 0.2) is 5.69 Å². The summed E-state index contributed by atoms with van der Waals surface area (Å²) in [5.41, 5.74) is 1.39. The maximum absolute atomic E-state index is 12.6. The Bertz CT molecular complexity index is 1070. The van der Waals surface area contributed by atoms with Gasteiger partial charge in [-0.05, 0) is 29.8 Å². The van der Waals surface area contributed by atoms with Crippen molar-refractivity contribution in [3.8, 4) is 0 Å². The largest absolute Gasteiger partial charge is 0.363 e. The summed E-state index contributed by atoms with van der Waals surface area (Å²) in [6.45, 7) is 0.280. The lowest BCUT2D eigenvalue weighted by Crippen LogP contribution is -2.23. The van der Waals surface area contributed by atoms with Gasteiger partial charge >= 0.3 is 0 Å². The molecular formula is C17H19N5O3S. The highest BCUT2D eigenvalue weighted by atomic mass is 32.2. The number of nitrogens with one attached hydrogen (secondary N) is 1. The topological polar surface area (TPSA) is 96.7 Å². The summed E-state index contributed by atoms with van der Waals surface area (Å²) in [5, 5.41) is 2.63. The van der Waals surface area contributed by atoms with Crippen molar-refractivity contribution in [3.05, 3.63) is 54.0 Å². The molecule has 1 amide bonds. The first-order valence-corrected chi connectivity index (χ1v) is 9.74. The van der Waals surface area contributed by atoms with Crippen LogP contribution in [0.3, 0.4) is 0 Å². The Morgan fingerprint density at radius 2 is 2.04 bits per heavy atom. The number of hydrogen-bond acceptors (Lipinski definition) is 6. The third-order valence-corrected chi connectivity index (χ3v) is 4.74. The average Bonchev–Trinajstić information content (AvgIpc) is 3.00. The molecule has 8 nitrogen and oxygen atoms in total. The third kappa shape index (κ3) is 3.52. The summed E-state index contributed by atoms with van der Waals surface area (Å²) in [4.78, 5) is 22.7. The molecule has 0 bridgehead atoms. The normalized spacial score (nSPS) is 11.5. The zero-order valence-electron chi connectivity index (χ0n) is 14.7. The van der Waals surface area contributed by atoms with Gasteiger partial charge in [-0.1, -0.05) is 6.07 Å². The maximum Gasteiger partial charge on any atom is 0.272 e. The van der Waals surface area contributed by atoms with Crippen LogP contribution in [0.5, 0.6) is 0 Å². The van der Waals surface area contributed by atoms with Gasteiger partial charge in [0.2, 0.25) is 15.0 Å². The Labute approximate surface area is 151 Å². The minimum absolute atomic E-state index is 0.0768. The predicted octanol–water partition coefficient (Wildman–Crippen LogP) is 1.13. The third-order valence-electron chi connectivity index (χ3n) is 3.78. The van der Waals surface area contributed by atoms with E-state index in [0.29, 0.717) is 5.52 Å². The molecule has 0 aromatic carbocycles. The first-order valence-electron chi connectivity index (χ1n) is 7.85. The van der Waals surface area contributed by atoms with E-state index >= 15 is 0 Å². The van der Waals surface area contributed by atoms with E-state index in [1.54, 1.807) is 36.7 Å². The molecule has 3 aromatic rings. The van der Waals surface area contributed by atoms with E-state index in [-0.39, 0.29) is 17.4 Å². The summed E-state index contributed by atoms with van der Waals surface area (Å²) in [6.07, 6.45) is 4.31. The second-order valence-electron chi connectivity index (χ2n) is 6.07. The van der Waals surface area contributed by atoms with Crippen LogP contribution in [0.4, 0.5) is 5.82 Å². The van der Waals surface area contributed by atoms with Gasteiger partial charge in [-0.2, -0.15) is 0 Å². The van der Waals surface area contributed by atoms with E-state index in [4.69, 9.17) is 0 Å². The Kier molecular flexibility index (Phi) is 4.64. The number of pyridine rings is 2. The molecule has 3 aromatic heterocycles. The molecule has 3 heterocycles. The first kappa shape index (κ1) is 17.9. The molecule has 0 aliphatic rings. The van der Waals surface area contributed by atoms with Crippen molar-refractivity contribution in [1.29, 1.82) is 0 Å². The van der Waals surface area contributed by atoms with Gasteiger partial charge in [-0.3, -0.25) is 9.20 Å². The number of sulfone groups is 1. The van der Waals surface area contributed by atoms with Crippen molar-refractivity contribution < 1.29 is 13.2 Å². The number of anilines is 1. The highest BCUT2D eigenvalue weighted by Crippen LogP contribution is 2.17. The molecule has 26 heavy (non-hydrogen) atoms. The molecular weight excluding hydrogens is 354 g/mol. The lowest BCUT2D eigenvalue weighted by Gasteiger charge is -2.12. The molecule has 136 valence electrons. The molecule has 0 saturated heterocycles. The fourth-order valence-corrected chi connectivity index (χ4v) is 3.29. The van der Waals surface area contributed by atoms with Gasteiger partial charge < -0.3 is 10.2 Å². The van der Waals surface area contributed by atoms with Crippen molar-refractivity contribution >= 4 is 27.1 Å². The van der Waals surface area contributed by atoms with Gasteiger partial charge in [-0.15, -0.1) is 0 Å². The lowest BCUT2D eigenvalue weighted by atomic mass is 10.2. The molecule has 0 aliphatic carbocycles. The Balaban J connectivity index is 1.88. The van der Waals surface area contributed by atoms with Crippen LogP contribution in [0.1, 0.15) is 16.1 Å². The van der Waals surface area contributed by atoms with E-state index in [9.17, 15) is 13.2 Å². The monoisotopic (exact) mass is 373 g/mol. The highest BCUT2D eigenvalue weighted by Gasteiger charge is 2.22. The Morgan fingerprint density at radius 1 is 1.27 bits per heavy atom. The van der Waals surface area contributed by atoms with E-state index in [2.05, 4.69) is 15.3 Å². The number of amides is 1. The molecule has 9 heteroatoms. The number of carbonyl (C=O) groups excluding carboxylic acids is 1. The molecule has 0 aliphatic heterocycles. The zero-order chi connectivity index (χ0) is 18.9. The summed E-state index contributed by atoms with van der Waals surface area (Å²) < 4.78 is 25.3. The molecule has 1 N–H and O–H groups in total. The number of aromatic nitrogens is 3. The molecule has 0 radical (unpaired) electrons. The van der Waals surface area contributed by atoms with E-state index < -0.39 is 15.7 Å². The van der Waals surface area contributed by atoms with Crippen LogP contribution < -0.4 is 10.2 Å². The molecule has 0 saturated carbocycles. The molecule has 0 unspecified atom stereocenters. The van der Waals surface area contributed by atoms with Crippen molar-refractivity contribution in [1.82, 2.24) is 19.7 Å². The van der Waals surface area contributed by atoms with Crippen molar-refractivity contribution in [2.24, 2.45) is 0 Å². The zero-order valence-corrected chi connectivity index (χ0v) is 15.5. The highest BCUT2D eigenvalue weighted by molar-refractivity contribution is 7.90. The van der Waals surface area contributed by atoms with Crippen LogP contribution in [-0.2, 0) is 16.4 Å². The summed E-state index contributed by atoms with van der Waals surface area (Å²) in [5.74, 6) is 0.343. The standard InChI is InChI=1S/C17H19N5O3S/c1-21(2)14-10-12(7-8-18-14)11-19-16(23)15-13-6-4-5-9-22(13)17(20-15)26(3,24)25/h4-10H,11H2,1-3H3,(H,19,23). The van der Waals surface area contributed by atoms with Crippen LogP contribution in [-0.4, -0.2) is 49.0 Å². The minimum atomic E-state index is -3.57. The molecule has 0 fully saturated rings. The van der Waals surface area contributed by atoms with Crippen LogP contribution in [0.25, 0.3) is 5.52 Å². The second kappa shape index (κ2) is 6.75. The van der Waals surface area contributed by atoms with Gasteiger partial charge in [-0.25, -0.2) is 18.4 Å². The van der Waals surface area contributed by atoms with Crippen molar-refractivity contribution in [2.45, 2.75) is 11.7 Å². The Hall–Kier alpha value is -2.94. The van der Waals surface area contributed by atoms with Gasteiger partial charge in [0.1, 0.15) is 5.82 Å². The fraction of sp³-hybridized carbons (Fsp3) is 0.235. The summed E-state index contributed by atoms with van der Waals surface area (Å²) >= 11 is 0. The average molecular weight is 373 g/mol. The molecule has 0 spiro atoms. The fourth-order valence-electron chi connectivity index (χ4n) is 2.52. The number of fused-ring (bicyclic) bond motifs is 1. The molecule has 0 atom stereocenters. The number of imidazole rings is 1. The summed E-state index contributed by atoms with van der Waals surface area (Å²) in [7, 11) is 0.201. The number of nitrogens with zero attached hydrogens (tertiary/aromatic N) is 4. The minimum Gasteiger partial charge on any atom is -0.363 e. The van der Waals surface area contributed by atoms with Gasteiger partial charge in [0.05, 0.1) is 5.52 Å². The van der Waals surface area contributed by atoms with Crippen LogP contribution in [0, 0.1) is 0 Å². The summed E-state index contributed by atoms with van der Waals surface area (Å²) in [6, 6.07) is 8.75. The SMILES string of the molecule is CN(C)c1cc(CNC(=O)c2nc(S(C)(=O)=O)n3ccccc23)ccn1. The molecule has 3 rings (SSSR count). The van der Waals surface area contributed by atoms with Crippen molar-refractivity contribution in [2.75, 3.05) is 25.3 Å². The Morgan fingerprint density at radius 3 is 2.73 bits per heavy atom. The van der Waals surface area contributed by atoms with E-state index in [1.165, 1.54) is 4.40 Å². The van der Waals surface area contributed by atoms with Gasteiger partial charge in [0.25, 0.3) is 5.91 Å². The number of rotatable bonds is 5. The number of carbonyl (C=O) groups is 1. The second-order valence-corrected chi connectivity index (χ2v) is 7.98. The van der Waals surface area contributed by atoms with E-state index in [0.717, 1.165) is 17.6 Å². The predicted molar refractivity (Wildman–Crippen MR) is 98.0 cm³/mol. The van der Waals surface area contributed by atoms with Crippen LogP contribution >= 0.6 is 0 Å². The lowest BCUT2D eigenvalue weighted by molar-refractivity contribution is 0.0947. The maximum atomic E-state index is 12.6. The quantitative estimate of drug-likeness (QED) is 0.720.